The number of carboxylic acids is 1. The zero-order valence-corrected chi connectivity index (χ0v) is 45.5. The van der Waals surface area contributed by atoms with Crippen LogP contribution in [-0.2, 0) is 89.1 Å². The number of aryl methyl sites for hydroxylation is 1. The Kier molecular flexibility index (Phi) is 18.8. The molecule has 0 unspecified atom stereocenters. The van der Waals surface area contributed by atoms with Crippen molar-refractivity contribution in [1.29, 1.82) is 0 Å². The molecule has 8 rings (SSSR count). The number of cyclic esters (lactones) is 1. The number of rotatable bonds is 28. The van der Waals surface area contributed by atoms with E-state index in [4.69, 9.17) is 9.72 Å². The molecule has 82 heavy (non-hydrogen) atoms. The van der Waals surface area contributed by atoms with E-state index >= 15 is 4.39 Å². The van der Waals surface area contributed by atoms with E-state index in [1.807, 2.05) is 0 Å². The number of aromatic nitrogens is 2. The number of hydrogen-bond donors (Lipinski definition) is 6. The topological polar surface area (TPSA) is 324 Å². The molecule has 0 saturated carbocycles. The summed E-state index contributed by atoms with van der Waals surface area (Å²) >= 11 is 0. The van der Waals surface area contributed by atoms with Crippen molar-refractivity contribution in [3.63, 3.8) is 0 Å². The Morgan fingerprint density at radius 1 is 0.817 bits per heavy atom. The second-order valence-corrected chi connectivity index (χ2v) is 21.1. The molecule has 6 amide bonds. The third kappa shape index (κ3) is 13.4. The highest BCUT2D eigenvalue weighted by molar-refractivity contribution is 6.12. The maximum atomic E-state index is 15.4. The Morgan fingerprint density at radius 3 is 2.26 bits per heavy atom. The number of ether oxygens (including phenoxy) is 1. The molecule has 0 bridgehead atoms. The Hall–Kier alpha value is -8.60. The molecule has 0 saturated heterocycles. The van der Waals surface area contributed by atoms with Crippen LogP contribution in [0.15, 0.2) is 59.4 Å². The quantitative estimate of drug-likeness (QED) is 0.0238. The molecule has 6 N–H and O–H groups in total. The van der Waals surface area contributed by atoms with E-state index in [0.717, 1.165) is 16.0 Å². The fourth-order valence-corrected chi connectivity index (χ4v) is 11.1. The summed E-state index contributed by atoms with van der Waals surface area (Å²) in [7, 11) is 0. The molecule has 4 aliphatic rings. The number of carboxylic acid groups (broad SMARTS) is 1. The number of ketones is 3. The predicted molar refractivity (Wildman–Crippen MR) is 289 cm³/mol. The van der Waals surface area contributed by atoms with Gasteiger partial charge in [0.2, 0.25) is 23.6 Å². The third-order valence-corrected chi connectivity index (χ3v) is 15.6. The van der Waals surface area contributed by atoms with E-state index in [1.54, 1.807) is 50.2 Å². The number of nitrogens with zero attached hydrogens (tertiary/aromatic N) is 3. The Bertz CT molecular complexity index is 3380. The van der Waals surface area contributed by atoms with Crippen molar-refractivity contribution in [2.24, 2.45) is 5.92 Å². The van der Waals surface area contributed by atoms with Crippen molar-refractivity contribution in [3.8, 4) is 11.4 Å². The van der Waals surface area contributed by atoms with Gasteiger partial charge in [0, 0.05) is 85.7 Å². The molecule has 2 aromatic carbocycles. The van der Waals surface area contributed by atoms with Gasteiger partial charge in [-0.15, -0.1) is 0 Å². The standard InChI is InChI=1S/C59H64FN7O15/c1-3-59(81)40-25-45-55-38(30-67(45)57(79)39(40)31-82-58(59)80)54-42(17-16-37-32(2)41(60)26-44(65-55)53(37)54)63-49(73)15-10-13-35(68)28-62-56(78)34(23-33-11-6-4-7-12-33)24-36(69)29-61-47(71)19-18-46(70)43(27-52(76)77)64-48(72)14-8-5-9-22-66-50(74)20-21-51(66)75/h4,6-7,11-12,20-21,25-26,34,42-43,81H,3,5,8-10,13-19,22-24,27-31H2,1-2H3,(H,61,71)(H,62,78)(H,63,73)(H,64,72)(H,76,77)/t34-,42+,43+,59+/m1/s1. The zero-order chi connectivity index (χ0) is 59.0. The molecule has 4 atom stereocenters. The summed E-state index contributed by atoms with van der Waals surface area (Å²) in [5.74, 6) is -8.41. The van der Waals surface area contributed by atoms with Crippen molar-refractivity contribution in [2.45, 2.75) is 141 Å². The summed E-state index contributed by atoms with van der Waals surface area (Å²) in [5, 5.41) is 32.0. The monoisotopic (exact) mass is 1130 g/mol. The molecular weight excluding hydrogens is 1070 g/mol. The van der Waals surface area contributed by atoms with E-state index in [0.29, 0.717) is 71.1 Å². The van der Waals surface area contributed by atoms with E-state index in [1.165, 1.54) is 22.8 Å². The average molecular weight is 1130 g/mol. The number of unbranched alkanes of at least 4 members (excludes halogenated alkanes) is 2. The van der Waals surface area contributed by atoms with Gasteiger partial charge in [-0.05, 0) is 80.2 Å². The van der Waals surface area contributed by atoms with Crippen LogP contribution in [0.3, 0.4) is 0 Å². The summed E-state index contributed by atoms with van der Waals surface area (Å²) in [6.45, 7) is 2.29. The minimum atomic E-state index is -2.06. The van der Waals surface area contributed by atoms with Gasteiger partial charge in [0.05, 0.1) is 60.6 Å². The number of esters is 1. The van der Waals surface area contributed by atoms with Crippen molar-refractivity contribution in [1.82, 2.24) is 35.7 Å². The summed E-state index contributed by atoms with van der Waals surface area (Å²) in [6.07, 6.45) is 2.41. The number of halogens is 1. The minimum Gasteiger partial charge on any atom is -0.481 e. The highest BCUT2D eigenvalue weighted by atomic mass is 19.1. The number of carbonyl (C=O) groups excluding carboxylic acids is 10. The summed E-state index contributed by atoms with van der Waals surface area (Å²) in [5.41, 5.74) is 1.94. The van der Waals surface area contributed by atoms with Crippen LogP contribution in [0.2, 0.25) is 0 Å². The Balaban J connectivity index is 0.811. The number of fused-ring (bicyclic) bond motifs is 5. The van der Waals surface area contributed by atoms with E-state index < -0.39 is 120 Å². The lowest BCUT2D eigenvalue weighted by Gasteiger charge is -2.31. The molecule has 432 valence electrons. The maximum Gasteiger partial charge on any atom is 0.343 e. The number of Topliss-reactive ketones (excluding diaryl/α,β-unsaturated/α-hetero) is 3. The second-order valence-electron chi connectivity index (χ2n) is 21.1. The fourth-order valence-electron chi connectivity index (χ4n) is 11.1. The largest absolute Gasteiger partial charge is 0.481 e. The van der Waals surface area contributed by atoms with Gasteiger partial charge in [-0.25, -0.2) is 14.2 Å². The van der Waals surface area contributed by atoms with Crippen LogP contribution in [0, 0.1) is 18.7 Å². The van der Waals surface area contributed by atoms with Gasteiger partial charge in [-0.2, -0.15) is 0 Å². The molecule has 5 heterocycles. The lowest BCUT2D eigenvalue weighted by Crippen LogP contribution is -2.44. The number of benzene rings is 2. The highest BCUT2D eigenvalue weighted by Crippen LogP contribution is 2.46. The number of pyridine rings is 2. The van der Waals surface area contributed by atoms with Gasteiger partial charge >= 0.3 is 11.9 Å². The molecule has 23 heteroatoms. The van der Waals surface area contributed by atoms with E-state index in [-0.39, 0.29) is 87.5 Å². The smallest absolute Gasteiger partial charge is 0.343 e. The van der Waals surface area contributed by atoms with Crippen LogP contribution in [0.25, 0.3) is 22.3 Å². The lowest BCUT2D eigenvalue weighted by molar-refractivity contribution is -0.172. The Morgan fingerprint density at radius 2 is 1.54 bits per heavy atom. The van der Waals surface area contributed by atoms with E-state index in [9.17, 15) is 67.7 Å². The first kappa shape index (κ1) is 59.5. The molecule has 0 spiro atoms. The molecule has 0 radical (unpaired) electrons. The van der Waals surface area contributed by atoms with Crippen LogP contribution >= 0.6 is 0 Å². The van der Waals surface area contributed by atoms with Gasteiger partial charge in [-0.1, -0.05) is 43.7 Å². The van der Waals surface area contributed by atoms with Crippen LogP contribution in [-0.4, -0.2) is 115 Å². The summed E-state index contributed by atoms with van der Waals surface area (Å²) in [4.78, 5) is 160. The molecule has 2 aromatic heterocycles. The first-order valence-electron chi connectivity index (χ1n) is 27.5. The fraction of sp³-hybridized carbons (Fsp3) is 0.441. The van der Waals surface area contributed by atoms with Gasteiger partial charge in [0.25, 0.3) is 17.4 Å². The van der Waals surface area contributed by atoms with Gasteiger partial charge in [0.1, 0.15) is 12.4 Å². The first-order valence-corrected chi connectivity index (χ1v) is 27.5. The van der Waals surface area contributed by atoms with Gasteiger partial charge in [0.15, 0.2) is 23.0 Å². The van der Waals surface area contributed by atoms with Crippen molar-refractivity contribution >= 4 is 75.6 Å². The summed E-state index contributed by atoms with van der Waals surface area (Å²) in [6, 6.07) is 9.69. The molecule has 22 nitrogen and oxygen atoms in total. The van der Waals surface area contributed by atoms with Gasteiger partial charge < -0.3 is 40.8 Å². The van der Waals surface area contributed by atoms with Crippen molar-refractivity contribution in [2.75, 3.05) is 19.6 Å². The lowest BCUT2D eigenvalue weighted by atomic mass is 9.81. The predicted octanol–water partition coefficient (Wildman–Crippen LogP) is 3.21. The first-order chi connectivity index (χ1) is 39.2. The third-order valence-electron chi connectivity index (χ3n) is 15.6. The van der Waals surface area contributed by atoms with Crippen molar-refractivity contribution < 1.29 is 72.1 Å². The van der Waals surface area contributed by atoms with E-state index in [2.05, 4.69) is 21.3 Å². The number of imide groups is 1. The highest BCUT2D eigenvalue weighted by Gasteiger charge is 2.46. The zero-order valence-electron chi connectivity index (χ0n) is 45.5. The van der Waals surface area contributed by atoms with Gasteiger partial charge in [-0.3, -0.25) is 57.6 Å². The number of amides is 6. The van der Waals surface area contributed by atoms with Crippen LogP contribution in [0.1, 0.15) is 135 Å². The number of nitrogens with one attached hydrogen (secondary N) is 4. The minimum absolute atomic E-state index is 0.0540. The van der Waals surface area contributed by atoms with Crippen LogP contribution in [0.4, 0.5) is 4.39 Å². The molecule has 0 fully saturated rings. The SMILES string of the molecule is CC[C@@]1(O)C(=O)OCc2c1cc1n(c2=O)Cc2c-1nc1cc(F)c(C)c3c1c2[C@@H](NC(=O)CCCC(=O)CNC(=O)[C@@H](CC(=O)CNC(=O)CCC(=O)[C@H](CC(=O)O)NC(=O)CCCCCN1C(=O)C=CC1=O)Cc1ccccc1)CC3. The average Bonchev–Trinajstić information content (AvgIpc) is 1.75. The molecule has 4 aromatic rings. The Labute approximate surface area is 469 Å². The van der Waals surface area contributed by atoms with Crippen molar-refractivity contribution in [3.05, 3.63) is 110 Å². The number of carbonyl (C=O) groups is 11. The van der Waals surface area contributed by atoms with Crippen LogP contribution < -0.4 is 26.8 Å². The number of hydrogen-bond acceptors (Lipinski definition) is 15. The number of aliphatic hydroxyl groups is 1. The van der Waals surface area contributed by atoms with Crippen LogP contribution in [0.5, 0.6) is 0 Å². The normalized spacial score (nSPS) is 17.3. The second kappa shape index (κ2) is 25.9. The molecule has 1 aliphatic carbocycles. The molecular formula is C59H64FN7O15. The number of aliphatic carboxylic acids is 1. The summed E-state index contributed by atoms with van der Waals surface area (Å²) < 4.78 is 22.1. The molecule has 3 aliphatic heterocycles. The maximum absolute atomic E-state index is 15.4.